The van der Waals surface area contributed by atoms with Gasteiger partial charge in [0.1, 0.15) is 0 Å². The van der Waals surface area contributed by atoms with Gasteiger partial charge in [0.25, 0.3) is 0 Å². The summed E-state index contributed by atoms with van der Waals surface area (Å²) in [4.78, 5) is 14.8. The van der Waals surface area contributed by atoms with Crippen molar-refractivity contribution in [3.63, 3.8) is 0 Å². The number of aliphatic hydroxyl groups excluding tert-OH is 1. The molecule has 0 aromatic carbocycles. The molecule has 1 aromatic heterocycles. The second-order valence-corrected chi connectivity index (χ2v) is 4.26. The molecule has 1 aliphatic rings. The Bertz CT molecular complexity index is 401. The van der Waals surface area contributed by atoms with Crippen molar-refractivity contribution in [1.29, 1.82) is 0 Å². The molecular formula is C11H19N5O2. The molecule has 1 aromatic rings. The fraction of sp³-hybridized carbons (Fsp3) is 0.727. The van der Waals surface area contributed by atoms with E-state index in [1.165, 1.54) is 7.11 Å². The Morgan fingerprint density at radius 3 is 2.89 bits per heavy atom. The Morgan fingerprint density at radius 1 is 1.44 bits per heavy atom. The Morgan fingerprint density at radius 2 is 2.28 bits per heavy atom. The second-order valence-electron chi connectivity index (χ2n) is 4.26. The third-order valence-electron chi connectivity index (χ3n) is 2.95. The predicted octanol–water partition coefficient (Wildman–Crippen LogP) is 0.131. The standard InChI is InChI=1S/C11H19N5O2/c1-3-12-9-13-10(15-11(14-9)18-2)16-5-4-8(6-16)7-17/h8,17H,3-7H2,1-2H3,(H,12,13,14,15). The van der Waals surface area contributed by atoms with Crippen LogP contribution in [0.3, 0.4) is 0 Å². The van der Waals surface area contributed by atoms with Crippen LogP contribution in [0.1, 0.15) is 13.3 Å². The van der Waals surface area contributed by atoms with Gasteiger partial charge in [-0.2, -0.15) is 15.0 Å². The molecule has 0 amide bonds. The van der Waals surface area contributed by atoms with Crippen molar-refractivity contribution < 1.29 is 9.84 Å². The molecule has 0 spiro atoms. The van der Waals surface area contributed by atoms with Gasteiger partial charge in [-0.25, -0.2) is 0 Å². The van der Waals surface area contributed by atoms with E-state index in [-0.39, 0.29) is 6.61 Å². The Kier molecular flexibility index (Phi) is 4.14. The van der Waals surface area contributed by atoms with Crippen molar-refractivity contribution in [3.8, 4) is 6.01 Å². The molecule has 2 N–H and O–H groups in total. The van der Waals surface area contributed by atoms with Gasteiger partial charge in [-0.15, -0.1) is 0 Å². The summed E-state index contributed by atoms with van der Waals surface area (Å²) in [6.45, 7) is 4.55. The maximum absolute atomic E-state index is 9.15. The fourth-order valence-electron chi connectivity index (χ4n) is 1.98. The van der Waals surface area contributed by atoms with Crippen LogP contribution >= 0.6 is 0 Å². The summed E-state index contributed by atoms with van der Waals surface area (Å²) >= 11 is 0. The number of methoxy groups -OCH3 is 1. The number of rotatable bonds is 5. The van der Waals surface area contributed by atoms with Gasteiger partial charge < -0.3 is 20.1 Å². The summed E-state index contributed by atoms with van der Waals surface area (Å²) in [5.41, 5.74) is 0. The van der Waals surface area contributed by atoms with Crippen LogP contribution in [0.5, 0.6) is 6.01 Å². The second kappa shape index (κ2) is 5.81. The highest BCUT2D eigenvalue weighted by Gasteiger charge is 2.24. The normalized spacial score (nSPS) is 19.1. The number of hydrogen-bond donors (Lipinski definition) is 2. The van der Waals surface area contributed by atoms with Crippen molar-refractivity contribution in [3.05, 3.63) is 0 Å². The first-order valence-electron chi connectivity index (χ1n) is 6.16. The topological polar surface area (TPSA) is 83.4 Å². The van der Waals surface area contributed by atoms with Crippen LogP contribution in [-0.4, -0.2) is 53.4 Å². The molecule has 1 aliphatic heterocycles. The van der Waals surface area contributed by atoms with Gasteiger partial charge in [-0.3, -0.25) is 0 Å². The molecular weight excluding hydrogens is 234 g/mol. The first kappa shape index (κ1) is 12.8. The lowest BCUT2D eigenvalue weighted by molar-refractivity contribution is 0.238. The number of nitrogens with one attached hydrogen (secondary N) is 1. The van der Waals surface area contributed by atoms with E-state index < -0.39 is 0 Å². The van der Waals surface area contributed by atoms with Gasteiger partial charge in [-0.05, 0) is 13.3 Å². The quantitative estimate of drug-likeness (QED) is 0.771. The number of ether oxygens (including phenoxy) is 1. The van der Waals surface area contributed by atoms with Crippen molar-refractivity contribution >= 4 is 11.9 Å². The van der Waals surface area contributed by atoms with Crippen LogP contribution in [0.15, 0.2) is 0 Å². The van der Waals surface area contributed by atoms with E-state index in [1.807, 2.05) is 11.8 Å². The summed E-state index contributed by atoms with van der Waals surface area (Å²) in [6, 6.07) is 0.309. The van der Waals surface area contributed by atoms with E-state index in [0.717, 1.165) is 26.1 Å². The van der Waals surface area contributed by atoms with E-state index in [0.29, 0.717) is 23.8 Å². The van der Waals surface area contributed by atoms with E-state index in [2.05, 4.69) is 20.3 Å². The molecule has 0 bridgehead atoms. The predicted molar refractivity (Wildman–Crippen MR) is 67.9 cm³/mol. The molecule has 0 aliphatic carbocycles. The number of hydrogen-bond acceptors (Lipinski definition) is 7. The Balaban J connectivity index is 2.18. The third-order valence-corrected chi connectivity index (χ3v) is 2.95. The van der Waals surface area contributed by atoms with Crippen molar-refractivity contribution in [1.82, 2.24) is 15.0 Å². The van der Waals surface area contributed by atoms with Crippen LogP contribution in [0.4, 0.5) is 11.9 Å². The van der Waals surface area contributed by atoms with Crippen LogP contribution in [-0.2, 0) is 0 Å². The molecule has 7 nitrogen and oxygen atoms in total. The number of nitrogens with zero attached hydrogens (tertiary/aromatic N) is 4. The molecule has 7 heteroatoms. The van der Waals surface area contributed by atoms with Gasteiger partial charge in [0, 0.05) is 32.2 Å². The lowest BCUT2D eigenvalue weighted by Crippen LogP contribution is -2.24. The molecule has 100 valence electrons. The maximum Gasteiger partial charge on any atom is 0.322 e. The fourth-order valence-corrected chi connectivity index (χ4v) is 1.98. The highest BCUT2D eigenvalue weighted by molar-refractivity contribution is 5.39. The SMILES string of the molecule is CCNc1nc(OC)nc(N2CCC(CO)C2)n1. The van der Waals surface area contributed by atoms with E-state index >= 15 is 0 Å². The monoisotopic (exact) mass is 253 g/mol. The minimum absolute atomic E-state index is 0.207. The van der Waals surface area contributed by atoms with Crippen molar-refractivity contribution in [2.24, 2.45) is 5.92 Å². The highest BCUT2D eigenvalue weighted by Crippen LogP contribution is 2.22. The van der Waals surface area contributed by atoms with Crippen LogP contribution < -0.4 is 15.0 Å². The third kappa shape index (κ3) is 2.79. The van der Waals surface area contributed by atoms with Crippen molar-refractivity contribution in [2.75, 3.05) is 43.6 Å². The Labute approximate surface area is 106 Å². The first-order valence-corrected chi connectivity index (χ1v) is 6.16. The van der Waals surface area contributed by atoms with Gasteiger partial charge >= 0.3 is 6.01 Å². The molecule has 18 heavy (non-hydrogen) atoms. The smallest absolute Gasteiger partial charge is 0.322 e. The summed E-state index contributed by atoms with van der Waals surface area (Å²) in [6.07, 6.45) is 0.959. The van der Waals surface area contributed by atoms with Crippen LogP contribution in [0, 0.1) is 5.92 Å². The van der Waals surface area contributed by atoms with Crippen LogP contribution in [0.2, 0.25) is 0 Å². The summed E-state index contributed by atoms with van der Waals surface area (Å²) < 4.78 is 5.08. The van der Waals surface area contributed by atoms with Crippen molar-refractivity contribution in [2.45, 2.75) is 13.3 Å². The van der Waals surface area contributed by atoms with E-state index in [1.54, 1.807) is 0 Å². The van der Waals surface area contributed by atoms with Gasteiger partial charge in [0.2, 0.25) is 11.9 Å². The molecule has 0 saturated carbocycles. The zero-order valence-corrected chi connectivity index (χ0v) is 10.8. The number of aromatic nitrogens is 3. The molecule has 2 heterocycles. The molecule has 1 unspecified atom stereocenters. The van der Waals surface area contributed by atoms with Crippen LogP contribution in [0.25, 0.3) is 0 Å². The zero-order valence-electron chi connectivity index (χ0n) is 10.8. The van der Waals surface area contributed by atoms with Gasteiger partial charge in [0.05, 0.1) is 7.11 Å². The van der Waals surface area contributed by atoms with Gasteiger partial charge in [0.15, 0.2) is 0 Å². The molecule has 2 rings (SSSR count). The highest BCUT2D eigenvalue weighted by atomic mass is 16.5. The maximum atomic E-state index is 9.15. The number of aliphatic hydroxyl groups is 1. The Hall–Kier alpha value is -1.63. The summed E-state index contributed by atoms with van der Waals surface area (Å²) in [7, 11) is 1.54. The lowest BCUT2D eigenvalue weighted by atomic mass is 10.1. The molecule has 0 radical (unpaired) electrons. The lowest BCUT2D eigenvalue weighted by Gasteiger charge is -2.17. The summed E-state index contributed by atoms with van der Waals surface area (Å²) in [5, 5.41) is 12.2. The molecule has 1 saturated heterocycles. The van der Waals surface area contributed by atoms with Gasteiger partial charge in [-0.1, -0.05) is 0 Å². The first-order chi connectivity index (χ1) is 8.76. The number of anilines is 2. The zero-order chi connectivity index (χ0) is 13.0. The minimum Gasteiger partial charge on any atom is -0.467 e. The average molecular weight is 253 g/mol. The minimum atomic E-state index is 0.207. The molecule has 1 atom stereocenters. The summed E-state index contributed by atoms with van der Waals surface area (Å²) in [5.74, 6) is 1.43. The van der Waals surface area contributed by atoms with E-state index in [4.69, 9.17) is 9.84 Å². The largest absolute Gasteiger partial charge is 0.467 e. The van der Waals surface area contributed by atoms with E-state index in [9.17, 15) is 0 Å². The average Bonchev–Trinajstić information content (AvgIpc) is 2.87. The molecule has 1 fully saturated rings.